The zero-order valence-electron chi connectivity index (χ0n) is 13.6. The van der Waals surface area contributed by atoms with Crippen molar-refractivity contribution in [3.63, 3.8) is 0 Å². The molecule has 0 aromatic heterocycles. The van der Waals surface area contributed by atoms with E-state index in [-0.39, 0.29) is 22.4 Å². The number of carbonyl (C=O) groups is 1. The predicted molar refractivity (Wildman–Crippen MR) is 88.2 cm³/mol. The molecule has 1 aromatic carbocycles. The highest BCUT2D eigenvalue weighted by Gasteiger charge is 2.22. The number of carbonyl (C=O) groups excluding carboxylic acids is 1. The monoisotopic (exact) mass is 340 g/mol. The Labute approximate surface area is 137 Å². The minimum absolute atomic E-state index is 0.0725. The fourth-order valence-electron chi connectivity index (χ4n) is 2.68. The average molecular weight is 340 g/mol. The predicted octanol–water partition coefficient (Wildman–Crippen LogP) is 2.06. The van der Waals surface area contributed by atoms with E-state index >= 15 is 0 Å². The molecule has 0 heterocycles. The lowest BCUT2D eigenvalue weighted by Gasteiger charge is -2.15. The van der Waals surface area contributed by atoms with E-state index in [1.54, 1.807) is 0 Å². The Morgan fingerprint density at radius 3 is 2.61 bits per heavy atom. The molecule has 1 aliphatic rings. The van der Waals surface area contributed by atoms with E-state index in [4.69, 9.17) is 4.74 Å². The number of ether oxygens (including phenoxy) is 1. The van der Waals surface area contributed by atoms with Crippen LogP contribution in [0.1, 0.15) is 49.4 Å². The summed E-state index contributed by atoms with van der Waals surface area (Å²) in [5.74, 6) is 0.0798. The van der Waals surface area contributed by atoms with Crippen molar-refractivity contribution in [3.05, 3.63) is 23.8 Å². The minimum atomic E-state index is -3.62. The van der Waals surface area contributed by atoms with Gasteiger partial charge in [0.1, 0.15) is 5.75 Å². The molecule has 0 radical (unpaired) electrons. The van der Waals surface area contributed by atoms with Crippen molar-refractivity contribution in [1.82, 2.24) is 10.0 Å². The van der Waals surface area contributed by atoms with Crippen molar-refractivity contribution in [2.45, 2.75) is 50.0 Å². The molecule has 1 fully saturated rings. The van der Waals surface area contributed by atoms with Gasteiger partial charge in [-0.1, -0.05) is 19.8 Å². The van der Waals surface area contributed by atoms with Crippen molar-refractivity contribution in [2.24, 2.45) is 0 Å². The van der Waals surface area contributed by atoms with Crippen molar-refractivity contribution < 1.29 is 17.9 Å². The highest BCUT2D eigenvalue weighted by molar-refractivity contribution is 7.89. The highest BCUT2D eigenvalue weighted by atomic mass is 32.2. The van der Waals surface area contributed by atoms with Crippen LogP contribution >= 0.6 is 0 Å². The van der Waals surface area contributed by atoms with Crippen LogP contribution in [-0.2, 0) is 10.0 Å². The van der Waals surface area contributed by atoms with E-state index in [2.05, 4.69) is 10.0 Å². The Balaban J connectivity index is 2.26. The van der Waals surface area contributed by atoms with Crippen LogP contribution in [-0.4, -0.2) is 34.0 Å². The molecule has 128 valence electrons. The van der Waals surface area contributed by atoms with Gasteiger partial charge in [-0.25, -0.2) is 13.1 Å². The van der Waals surface area contributed by atoms with Gasteiger partial charge in [0.25, 0.3) is 5.91 Å². The van der Waals surface area contributed by atoms with Crippen LogP contribution in [0.5, 0.6) is 5.75 Å². The Morgan fingerprint density at radius 2 is 2.00 bits per heavy atom. The van der Waals surface area contributed by atoms with E-state index in [1.165, 1.54) is 25.3 Å². The summed E-state index contributed by atoms with van der Waals surface area (Å²) >= 11 is 0. The fourth-order valence-corrected chi connectivity index (χ4v) is 3.84. The van der Waals surface area contributed by atoms with Gasteiger partial charge in [0.05, 0.1) is 17.6 Å². The summed E-state index contributed by atoms with van der Waals surface area (Å²) in [5.41, 5.74) is 0.249. The summed E-state index contributed by atoms with van der Waals surface area (Å²) in [4.78, 5) is 12.5. The number of benzene rings is 1. The maximum atomic E-state index is 12.5. The van der Waals surface area contributed by atoms with Crippen LogP contribution in [0.2, 0.25) is 0 Å². The molecule has 0 bridgehead atoms. The Hall–Kier alpha value is -1.60. The smallest absolute Gasteiger partial charge is 0.255 e. The summed E-state index contributed by atoms with van der Waals surface area (Å²) in [6.45, 7) is 2.25. The summed E-state index contributed by atoms with van der Waals surface area (Å²) in [6, 6.07) is 4.50. The lowest BCUT2D eigenvalue weighted by molar-refractivity contribution is 0.0934. The van der Waals surface area contributed by atoms with E-state index in [0.717, 1.165) is 25.7 Å². The first-order chi connectivity index (χ1) is 11.0. The molecule has 2 rings (SSSR count). The van der Waals surface area contributed by atoms with Crippen LogP contribution in [0.25, 0.3) is 0 Å². The lowest BCUT2D eigenvalue weighted by atomic mass is 10.1. The summed E-state index contributed by atoms with van der Waals surface area (Å²) < 4.78 is 32.2. The van der Waals surface area contributed by atoms with Crippen molar-refractivity contribution >= 4 is 15.9 Å². The molecule has 1 aliphatic carbocycles. The van der Waals surface area contributed by atoms with Gasteiger partial charge in [-0.2, -0.15) is 0 Å². The van der Waals surface area contributed by atoms with Gasteiger partial charge >= 0.3 is 0 Å². The second kappa shape index (κ2) is 7.79. The fraction of sp³-hybridized carbons (Fsp3) is 0.562. The van der Waals surface area contributed by atoms with Gasteiger partial charge in [0.15, 0.2) is 0 Å². The van der Waals surface area contributed by atoms with Crippen LogP contribution in [0.15, 0.2) is 23.1 Å². The van der Waals surface area contributed by atoms with E-state index in [0.29, 0.717) is 18.7 Å². The minimum Gasteiger partial charge on any atom is -0.496 e. The van der Waals surface area contributed by atoms with Gasteiger partial charge in [-0.3, -0.25) is 4.79 Å². The molecule has 6 nitrogen and oxygen atoms in total. The Kier molecular flexibility index (Phi) is 6.01. The van der Waals surface area contributed by atoms with Gasteiger partial charge in [-0.15, -0.1) is 0 Å². The van der Waals surface area contributed by atoms with Crippen molar-refractivity contribution in [3.8, 4) is 5.75 Å². The van der Waals surface area contributed by atoms with Crippen LogP contribution in [0, 0.1) is 0 Å². The first-order valence-electron chi connectivity index (χ1n) is 7.96. The topological polar surface area (TPSA) is 84.5 Å². The molecule has 0 spiro atoms. The third-order valence-electron chi connectivity index (χ3n) is 3.96. The molecule has 2 N–H and O–H groups in total. The van der Waals surface area contributed by atoms with Crippen LogP contribution in [0.3, 0.4) is 0 Å². The van der Waals surface area contributed by atoms with E-state index in [1.807, 2.05) is 6.92 Å². The number of sulfonamides is 1. The first kappa shape index (κ1) is 17.7. The molecular formula is C16H24N2O4S. The SMILES string of the molecule is CCCNS(=O)(=O)c1ccc(OC)c(C(=O)NC2CCCC2)c1. The second-order valence-corrected chi connectivity index (χ2v) is 7.48. The number of hydrogen-bond donors (Lipinski definition) is 2. The largest absolute Gasteiger partial charge is 0.496 e. The first-order valence-corrected chi connectivity index (χ1v) is 9.45. The van der Waals surface area contributed by atoms with Gasteiger partial charge < -0.3 is 10.1 Å². The molecule has 1 aromatic rings. The third-order valence-corrected chi connectivity index (χ3v) is 5.42. The number of hydrogen-bond acceptors (Lipinski definition) is 4. The van der Waals surface area contributed by atoms with Crippen LogP contribution in [0.4, 0.5) is 0 Å². The molecule has 23 heavy (non-hydrogen) atoms. The molecule has 0 aliphatic heterocycles. The van der Waals surface area contributed by atoms with Gasteiger partial charge in [0.2, 0.25) is 10.0 Å². The summed E-state index contributed by atoms with van der Waals surface area (Å²) in [6.07, 6.45) is 4.84. The maximum absolute atomic E-state index is 12.5. The molecular weight excluding hydrogens is 316 g/mol. The summed E-state index contributed by atoms with van der Waals surface area (Å²) in [5, 5.41) is 2.96. The van der Waals surface area contributed by atoms with E-state index < -0.39 is 10.0 Å². The lowest BCUT2D eigenvalue weighted by Crippen LogP contribution is -2.33. The maximum Gasteiger partial charge on any atom is 0.255 e. The number of rotatable bonds is 7. The molecule has 0 saturated heterocycles. The summed E-state index contributed by atoms with van der Waals surface area (Å²) in [7, 11) is -2.15. The van der Waals surface area contributed by atoms with Crippen molar-refractivity contribution in [1.29, 1.82) is 0 Å². The van der Waals surface area contributed by atoms with Crippen LogP contribution < -0.4 is 14.8 Å². The number of amides is 1. The molecule has 7 heteroatoms. The second-order valence-electron chi connectivity index (χ2n) is 5.71. The number of nitrogens with one attached hydrogen (secondary N) is 2. The molecule has 1 saturated carbocycles. The quantitative estimate of drug-likeness (QED) is 0.796. The van der Waals surface area contributed by atoms with Gasteiger partial charge in [-0.05, 0) is 37.5 Å². The Morgan fingerprint density at radius 1 is 1.30 bits per heavy atom. The van der Waals surface area contributed by atoms with E-state index in [9.17, 15) is 13.2 Å². The zero-order valence-corrected chi connectivity index (χ0v) is 14.4. The normalized spacial score (nSPS) is 15.6. The number of methoxy groups -OCH3 is 1. The highest BCUT2D eigenvalue weighted by Crippen LogP contribution is 2.24. The van der Waals surface area contributed by atoms with Gasteiger partial charge in [0, 0.05) is 12.6 Å². The zero-order chi connectivity index (χ0) is 16.9. The molecule has 0 unspecified atom stereocenters. The standard InChI is InChI=1S/C16H24N2O4S/c1-3-10-17-23(20,21)13-8-9-15(22-2)14(11-13)16(19)18-12-6-4-5-7-12/h8-9,11-12,17H,3-7,10H2,1-2H3,(H,18,19). The third kappa shape index (κ3) is 4.45. The van der Waals surface area contributed by atoms with Crippen molar-refractivity contribution in [2.75, 3.05) is 13.7 Å². The Bertz CT molecular complexity index is 652. The molecule has 0 atom stereocenters. The molecule has 1 amide bonds. The average Bonchev–Trinajstić information content (AvgIpc) is 3.05.